The Labute approximate surface area is 145 Å². The minimum Gasteiger partial charge on any atom is -0.490 e. The molecule has 130 valence electrons. The van der Waals surface area contributed by atoms with Crippen molar-refractivity contribution in [3.05, 3.63) is 59.9 Å². The predicted molar refractivity (Wildman–Crippen MR) is 90.2 cm³/mol. The van der Waals surface area contributed by atoms with E-state index in [1.807, 2.05) is 0 Å². The molecule has 0 spiro atoms. The van der Waals surface area contributed by atoms with Gasteiger partial charge in [0, 0.05) is 18.7 Å². The lowest BCUT2D eigenvalue weighted by Crippen LogP contribution is -2.24. The van der Waals surface area contributed by atoms with Gasteiger partial charge in [0.2, 0.25) is 5.91 Å². The van der Waals surface area contributed by atoms with E-state index in [1.54, 1.807) is 29.2 Å². The summed E-state index contributed by atoms with van der Waals surface area (Å²) in [6.45, 7) is 0.910. The number of rotatable bonds is 6. The van der Waals surface area contributed by atoms with Crippen molar-refractivity contribution in [3.8, 4) is 5.75 Å². The van der Waals surface area contributed by atoms with Gasteiger partial charge < -0.3 is 14.4 Å². The van der Waals surface area contributed by atoms with Crippen LogP contribution in [-0.4, -0.2) is 31.6 Å². The molecule has 0 aliphatic carbocycles. The molecule has 1 fully saturated rings. The highest BCUT2D eigenvalue weighted by Crippen LogP contribution is 2.22. The van der Waals surface area contributed by atoms with Gasteiger partial charge >= 0.3 is 5.97 Å². The van der Waals surface area contributed by atoms with Gasteiger partial charge in [0.05, 0.1) is 5.56 Å². The summed E-state index contributed by atoms with van der Waals surface area (Å²) in [4.78, 5) is 25.6. The number of nitrogens with zero attached hydrogens (tertiary/aromatic N) is 1. The molecule has 1 heterocycles. The molecule has 0 radical (unpaired) electrons. The summed E-state index contributed by atoms with van der Waals surface area (Å²) in [7, 11) is 0. The van der Waals surface area contributed by atoms with Crippen molar-refractivity contribution in [2.45, 2.75) is 12.8 Å². The SMILES string of the molecule is O=C(OCCOc1ccc(F)cc1)c1cccc(N2CCCC2=O)c1. The third-order valence-electron chi connectivity index (χ3n) is 3.87. The molecule has 3 rings (SSSR count). The summed E-state index contributed by atoms with van der Waals surface area (Å²) in [6.07, 6.45) is 1.36. The summed E-state index contributed by atoms with van der Waals surface area (Å²) in [5, 5.41) is 0. The van der Waals surface area contributed by atoms with E-state index in [-0.39, 0.29) is 24.9 Å². The van der Waals surface area contributed by atoms with Crippen molar-refractivity contribution in [3.63, 3.8) is 0 Å². The average molecular weight is 343 g/mol. The van der Waals surface area contributed by atoms with Crippen molar-refractivity contribution >= 4 is 17.6 Å². The van der Waals surface area contributed by atoms with Crippen LogP contribution in [0.3, 0.4) is 0 Å². The molecule has 2 aromatic rings. The smallest absolute Gasteiger partial charge is 0.338 e. The first-order valence-corrected chi connectivity index (χ1v) is 8.09. The second-order valence-electron chi connectivity index (χ2n) is 5.64. The van der Waals surface area contributed by atoms with E-state index in [2.05, 4.69) is 0 Å². The lowest BCUT2D eigenvalue weighted by Gasteiger charge is -2.16. The predicted octanol–water partition coefficient (Wildman–Crippen LogP) is 3.19. The molecular formula is C19H18FNO4. The van der Waals surface area contributed by atoms with Gasteiger partial charge in [0.15, 0.2) is 0 Å². The molecule has 1 aliphatic rings. The zero-order valence-electron chi connectivity index (χ0n) is 13.6. The highest BCUT2D eigenvalue weighted by Gasteiger charge is 2.22. The summed E-state index contributed by atoms with van der Waals surface area (Å²) in [5.74, 6) is -0.239. The quantitative estimate of drug-likeness (QED) is 0.597. The average Bonchev–Trinajstić information content (AvgIpc) is 3.06. The molecule has 25 heavy (non-hydrogen) atoms. The molecule has 0 unspecified atom stereocenters. The monoisotopic (exact) mass is 343 g/mol. The molecule has 0 bridgehead atoms. The third-order valence-corrected chi connectivity index (χ3v) is 3.87. The van der Waals surface area contributed by atoms with Gasteiger partial charge in [-0.1, -0.05) is 6.07 Å². The van der Waals surface area contributed by atoms with Crippen LogP contribution in [0.4, 0.5) is 10.1 Å². The summed E-state index contributed by atoms with van der Waals surface area (Å²) in [6, 6.07) is 12.4. The van der Waals surface area contributed by atoms with E-state index < -0.39 is 5.97 Å². The maximum atomic E-state index is 12.8. The van der Waals surface area contributed by atoms with Crippen molar-refractivity contribution in [1.82, 2.24) is 0 Å². The van der Waals surface area contributed by atoms with E-state index in [0.717, 1.165) is 6.42 Å². The Hall–Kier alpha value is -2.89. The van der Waals surface area contributed by atoms with E-state index in [9.17, 15) is 14.0 Å². The number of anilines is 1. The zero-order valence-corrected chi connectivity index (χ0v) is 13.6. The number of carbonyl (C=O) groups excluding carboxylic acids is 2. The van der Waals surface area contributed by atoms with Gasteiger partial charge in [0.25, 0.3) is 0 Å². The second-order valence-corrected chi connectivity index (χ2v) is 5.64. The first kappa shape index (κ1) is 17.0. The van der Waals surface area contributed by atoms with E-state index in [0.29, 0.717) is 30.0 Å². The summed E-state index contributed by atoms with van der Waals surface area (Å²) in [5.41, 5.74) is 1.10. The van der Waals surface area contributed by atoms with Crippen molar-refractivity contribution in [1.29, 1.82) is 0 Å². The Kier molecular flexibility index (Phi) is 5.28. The molecule has 1 aliphatic heterocycles. The largest absolute Gasteiger partial charge is 0.490 e. The second kappa shape index (κ2) is 7.79. The minimum atomic E-state index is -0.476. The molecule has 0 aromatic heterocycles. The normalized spacial score (nSPS) is 13.8. The van der Waals surface area contributed by atoms with Crippen LogP contribution >= 0.6 is 0 Å². The van der Waals surface area contributed by atoms with Crippen LogP contribution < -0.4 is 9.64 Å². The van der Waals surface area contributed by atoms with E-state index >= 15 is 0 Å². The Balaban J connectivity index is 1.51. The number of carbonyl (C=O) groups is 2. The Morgan fingerprint density at radius 3 is 2.64 bits per heavy atom. The van der Waals surface area contributed by atoms with Gasteiger partial charge in [-0.25, -0.2) is 9.18 Å². The maximum Gasteiger partial charge on any atom is 0.338 e. The van der Waals surface area contributed by atoms with Gasteiger partial charge in [-0.3, -0.25) is 4.79 Å². The lowest BCUT2D eigenvalue weighted by molar-refractivity contribution is -0.117. The van der Waals surface area contributed by atoms with Crippen molar-refractivity contribution in [2.75, 3.05) is 24.7 Å². The Morgan fingerprint density at radius 2 is 1.92 bits per heavy atom. The lowest BCUT2D eigenvalue weighted by atomic mass is 10.2. The standard InChI is InChI=1S/C19H18FNO4/c20-15-6-8-17(9-7-15)24-11-12-25-19(23)14-3-1-4-16(13-14)21-10-2-5-18(21)22/h1,3-4,6-9,13H,2,5,10-12H2. The molecule has 1 saturated heterocycles. The number of esters is 1. The number of hydrogen-bond donors (Lipinski definition) is 0. The maximum absolute atomic E-state index is 12.8. The molecule has 0 N–H and O–H groups in total. The number of ether oxygens (including phenoxy) is 2. The molecule has 1 amide bonds. The summed E-state index contributed by atoms with van der Waals surface area (Å²) < 4.78 is 23.3. The van der Waals surface area contributed by atoms with Crippen LogP contribution in [0.2, 0.25) is 0 Å². The van der Waals surface area contributed by atoms with Gasteiger partial charge in [-0.05, 0) is 48.9 Å². The number of amides is 1. The van der Waals surface area contributed by atoms with Gasteiger partial charge in [0.1, 0.15) is 24.8 Å². The van der Waals surface area contributed by atoms with Crippen LogP contribution in [0.5, 0.6) is 5.75 Å². The summed E-state index contributed by atoms with van der Waals surface area (Å²) >= 11 is 0. The molecule has 5 nitrogen and oxygen atoms in total. The minimum absolute atomic E-state index is 0.0678. The zero-order chi connectivity index (χ0) is 17.6. The number of hydrogen-bond acceptors (Lipinski definition) is 4. The molecule has 0 atom stereocenters. The van der Waals surface area contributed by atoms with Crippen molar-refractivity contribution in [2.24, 2.45) is 0 Å². The van der Waals surface area contributed by atoms with Crippen LogP contribution in [0.15, 0.2) is 48.5 Å². The first-order valence-electron chi connectivity index (χ1n) is 8.09. The third kappa shape index (κ3) is 4.35. The van der Waals surface area contributed by atoms with E-state index in [1.165, 1.54) is 24.3 Å². The molecule has 2 aromatic carbocycles. The number of halogens is 1. The highest BCUT2D eigenvalue weighted by atomic mass is 19.1. The molecule has 0 saturated carbocycles. The molecule has 6 heteroatoms. The molecular weight excluding hydrogens is 325 g/mol. The fourth-order valence-corrected chi connectivity index (χ4v) is 2.63. The van der Waals surface area contributed by atoms with Gasteiger partial charge in [-0.15, -0.1) is 0 Å². The fraction of sp³-hybridized carbons (Fsp3) is 0.263. The van der Waals surface area contributed by atoms with Crippen LogP contribution in [0.1, 0.15) is 23.2 Å². The Bertz CT molecular complexity index is 760. The van der Waals surface area contributed by atoms with Crippen LogP contribution in [-0.2, 0) is 9.53 Å². The Morgan fingerprint density at radius 1 is 1.12 bits per heavy atom. The first-order chi connectivity index (χ1) is 12.1. The van der Waals surface area contributed by atoms with Gasteiger partial charge in [-0.2, -0.15) is 0 Å². The van der Waals surface area contributed by atoms with Crippen LogP contribution in [0.25, 0.3) is 0 Å². The van der Waals surface area contributed by atoms with Crippen LogP contribution in [0, 0.1) is 5.82 Å². The van der Waals surface area contributed by atoms with Crippen molar-refractivity contribution < 1.29 is 23.5 Å². The fourth-order valence-electron chi connectivity index (χ4n) is 2.63. The highest BCUT2D eigenvalue weighted by molar-refractivity contribution is 5.97. The number of benzene rings is 2. The van der Waals surface area contributed by atoms with E-state index in [4.69, 9.17) is 9.47 Å². The topological polar surface area (TPSA) is 55.8 Å².